The minimum atomic E-state index is -3.83. The molecule has 0 fully saturated rings. The van der Waals surface area contributed by atoms with Crippen molar-refractivity contribution in [1.29, 1.82) is 0 Å². The van der Waals surface area contributed by atoms with E-state index in [2.05, 4.69) is 16.1 Å². The number of benzene rings is 2. The lowest BCUT2D eigenvalue weighted by Gasteiger charge is -2.13. The summed E-state index contributed by atoms with van der Waals surface area (Å²) < 4.78 is 41.7. The molecule has 1 aliphatic rings. The van der Waals surface area contributed by atoms with Crippen LogP contribution in [0.4, 0.5) is 10.1 Å². The van der Waals surface area contributed by atoms with E-state index in [1.165, 1.54) is 36.3 Å². The number of nitrogens with one attached hydrogen (secondary N) is 2. The predicted molar refractivity (Wildman–Crippen MR) is 112 cm³/mol. The molecule has 29 heavy (non-hydrogen) atoms. The van der Waals surface area contributed by atoms with Crippen LogP contribution >= 0.6 is 11.6 Å². The highest BCUT2D eigenvalue weighted by atomic mass is 35.5. The molecule has 0 bridgehead atoms. The van der Waals surface area contributed by atoms with Crippen LogP contribution in [0.25, 0.3) is 0 Å². The van der Waals surface area contributed by atoms with Crippen molar-refractivity contribution in [2.75, 3.05) is 11.9 Å². The molecule has 1 amide bonds. The number of amides is 1. The van der Waals surface area contributed by atoms with E-state index >= 15 is 0 Å². The standard InChI is InChI=1S/C21H22ClFN2O3S/c22-17-8-6-16(7-9-17)21(26)25-20-11-10-18(14-19(20)23)29(27,28)24-13-12-15-4-2-1-3-5-15/h4,6-11,14,24H,1-3,5,12-13H2,(H,25,26). The average Bonchev–Trinajstić information content (AvgIpc) is 2.70. The van der Waals surface area contributed by atoms with Gasteiger partial charge in [-0.05, 0) is 74.6 Å². The summed E-state index contributed by atoms with van der Waals surface area (Å²) in [5.74, 6) is -1.35. The Balaban J connectivity index is 1.63. The Morgan fingerprint density at radius 3 is 2.52 bits per heavy atom. The number of halogens is 2. The summed E-state index contributed by atoms with van der Waals surface area (Å²) in [6.07, 6.45) is 7.16. The summed E-state index contributed by atoms with van der Waals surface area (Å²) in [6, 6.07) is 9.54. The first kappa shape index (κ1) is 21.5. The number of carbonyl (C=O) groups is 1. The van der Waals surface area contributed by atoms with Crippen molar-refractivity contribution in [2.24, 2.45) is 0 Å². The third-order valence-electron chi connectivity index (χ3n) is 4.73. The quantitative estimate of drug-likeness (QED) is 0.606. The Hall–Kier alpha value is -2.22. The third kappa shape index (κ3) is 5.88. The molecule has 0 saturated carbocycles. The number of rotatable bonds is 7. The summed E-state index contributed by atoms with van der Waals surface area (Å²) in [6.45, 7) is 0.269. The van der Waals surface area contributed by atoms with Crippen LogP contribution in [-0.4, -0.2) is 20.9 Å². The van der Waals surface area contributed by atoms with Gasteiger partial charge in [-0.3, -0.25) is 4.79 Å². The van der Waals surface area contributed by atoms with E-state index in [1.54, 1.807) is 12.1 Å². The third-order valence-corrected chi connectivity index (χ3v) is 6.44. The van der Waals surface area contributed by atoms with E-state index in [4.69, 9.17) is 11.6 Å². The van der Waals surface area contributed by atoms with Gasteiger partial charge in [0.15, 0.2) is 0 Å². The molecule has 0 radical (unpaired) electrons. The van der Waals surface area contributed by atoms with Crippen LogP contribution in [0.2, 0.25) is 5.02 Å². The largest absolute Gasteiger partial charge is 0.319 e. The first-order valence-corrected chi connectivity index (χ1v) is 11.3. The highest BCUT2D eigenvalue weighted by molar-refractivity contribution is 7.89. The molecule has 1 aliphatic carbocycles. The fourth-order valence-corrected chi connectivity index (χ4v) is 4.29. The molecule has 2 aromatic carbocycles. The molecule has 5 nitrogen and oxygen atoms in total. The normalized spacial score (nSPS) is 14.3. The molecular weight excluding hydrogens is 415 g/mol. The molecule has 154 valence electrons. The van der Waals surface area contributed by atoms with Crippen molar-refractivity contribution in [3.63, 3.8) is 0 Å². The summed E-state index contributed by atoms with van der Waals surface area (Å²) in [4.78, 5) is 12.0. The fourth-order valence-electron chi connectivity index (χ4n) is 3.12. The van der Waals surface area contributed by atoms with Gasteiger partial charge in [0.1, 0.15) is 5.82 Å². The van der Waals surface area contributed by atoms with Crippen LogP contribution in [-0.2, 0) is 10.0 Å². The minimum absolute atomic E-state index is 0.101. The molecule has 0 saturated heterocycles. The Morgan fingerprint density at radius 1 is 1.10 bits per heavy atom. The second kappa shape index (κ2) is 9.52. The van der Waals surface area contributed by atoms with Gasteiger partial charge in [-0.2, -0.15) is 0 Å². The Bertz CT molecular complexity index is 1020. The van der Waals surface area contributed by atoms with E-state index in [0.717, 1.165) is 25.3 Å². The number of sulfonamides is 1. The van der Waals surface area contributed by atoms with Gasteiger partial charge in [0, 0.05) is 17.1 Å². The van der Waals surface area contributed by atoms with Gasteiger partial charge in [0.2, 0.25) is 10.0 Å². The summed E-state index contributed by atoms with van der Waals surface area (Å²) in [7, 11) is -3.83. The van der Waals surface area contributed by atoms with Crippen LogP contribution < -0.4 is 10.0 Å². The zero-order valence-electron chi connectivity index (χ0n) is 15.8. The van der Waals surface area contributed by atoms with Crippen molar-refractivity contribution in [3.05, 3.63) is 70.5 Å². The van der Waals surface area contributed by atoms with E-state index in [0.29, 0.717) is 17.0 Å². The smallest absolute Gasteiger partial charge is 0.255 e. The first-order valence-electron chi connectivity index (χ1n) is 9.39. The van der Waals surface area contributed by atoms with E-state index in [9.17, 15) is 17.6 Å². The second-order valence-corrected chi connectivity index (χ2v) is 9.06. The molecule has 0 unspecified atom stereocenters. The van der Waals surface area contributed by atoms with Gasteiger partial charge in [0.25, 0.3) is 5.91 Å². The van der Waals surface area contributed by atoms with E-state index in [-0.39, 0.29) is 17.1 Å². The summed E-state index contributed by atoms with van der Waals surface area (Å²) >= 11 is 5.78. The van der Waals surface area contributed by atoms with Gasteiger partial charge >= 0.3 is 0 Å². The topological polar surface area (TPSA) is 75.3 Å². The molecule has 0 heterocycles. The highest BCUT2D eigenvalue weighted by Crippen LogP contribution is 2.22. The lowest BCUT2D eigenvalue weighted by molar-refractivity contribution is 0.102. The Labute approximate surface area is 175 Å². The second-order valence-electron chi connectivity index (χ2n) is 6.86. The van der Waals surface area contributed by atoms with E-state index < -0.39 is 21.7 Å². The Kier molecular flexibility index (Phi) is 7.05. The lowest BCUT2D eigenvalue weighted by atomic mass is 9.97. The maximum Gasteiger partial charge on any atom is 0.255 e. The zero-order valence-corrected chi connectivity index (χ0v) is 17.3. The average molecular weight is 437 g/mol. The van der Waals surface area contributed by atoms with Gasteiger partial charge in [-0.15, -0.1) is 0 Å². The Morgan fingerprint density at radius 2 is 1.86 bits per heavy atom. The molecule has 2 aromatic rings. The lowest BCUT2D eigenvalue weighted by Crippen LogP contribution is -2.25. The van der Waals surface area contributed by atoms with Crippen molar-refractivity contribution in [1.82, 2.24) is 4.72 Å². The van der Waals surface area contributed by atoms with Crippen LogP contribution in [0.5, 0.6) is 0 Å². The van der Waals surface area contributed by atoms with Crippen LogP contribution in [0.1, 0.15) is 42.5 Å². The molecule has 8 heteroatoms. The van der Waals surface area contributed by atoms with Crippen LogP contribution in [0.15, 0.2) is 59.0 Å². The SMILES string of the molecule is O=C(Nc1ccc(S(=O)(=O)NCCC2=CCCCC2)cc1F)c1ccc(Cl)cc1. The highest BCUT2D eigenvalue weighted by Gasteiger charge is 2.17. The molecular formula is C21H22ClFN2O3S. The molecule has 2 N–H and O–H groups in total. The maximum atomic E-state index is 14.4. The summed E-state index contributed by atoms with van der Waals surface area (Å²) in [5, 5.41) is 2.91. The monoisotopic (exact) mass is 436 g/mol. The number of hydrogen-bond donors (Lipinski definition) is 2. The first-order chi connectivity index (χ1) is 13.8. The van der Waals surface area contributed by atoms with Crippen molar-refractivity contribution < 1.29 is 17.6 Å². The molecule has 0 aromatic heterocycles. The van der Waals surface area contributed by atoms with E-state index in [1.807, 2.05) is 0 Å². The van der Waals surface area contributed by atoms with Gasteiger partial charge in [-0.1, -0.05) is 23.3 Å². The predicted octanol–water partition coefficient (Wildman–Crippen LogP) is 4.90. The zero-order chi connectivity index (χ0) is 20.9. The summed E-state index contributed by atoms with van der Waals surface area (Å²) in [5.41, 5.74) is 1.46. The van der Waals surface area contributed by atoms with Gasteiger partial charge in [0.05, 0.1) is 10.6 Å². The number of anilines is 1. The van der Waals surface area contributed by atoms with Crippen molar-refractivity contribution in [2.45, 2.75) is 37.0 Å². The van der Waals surface area contributed by atoms with Gasteiger partial charge in [-0.25, -0.2) is 17.5 Å². The molecule has 3 rings (SSSR count). The molecule has 0 atom stereocenters. The number of allylic oxidation sites excluding steroid dienone is 1. The van der Waals surface area contributed by atoms with Crippen LogP contribution in [0, 0.1) is 5.82 Å². The fraction of sp³-hybridized carbons (Fsp3) is 0.286. The van der Waals surface area contributed by atoms with Crippen molar-refractivity contribution in [3.8, 4) is 0 Å². The minimum Gasteiger partial charge on any atom is -0.319 e. The van der Waals surface area contributed by atoms with Crippen molar-refractivity contribution >= 4 is 33.2 Å². The number of carbonyl (C=O) groups excluding carboxylic acids is 1. The van der Waals surface area contributed by atoms with Crippen LogP contribution in [0.3, 0.4) is 0 Å². The maximum absolute atomic E-state index is 14.4. The molecule has 0 spiro atoms. The van der Waals surface area contributed by atoms with Gasteiger partial charge < -0.3 is 5.32 Å². The molecule has 0 aliphatic heterocycles. The number of hydrogen-bond acceptors (Lipinski definition) is 3.